The van der Waals surface area contributed by atoms with Crippen LogP contribution in [0, 0.1) is 6.92 Å². The highest BCUT2D eigenvalue weighted by molar-refractivity contribution is 5.83. The van der Waals surface area contributed by atoms with Crippen molar-refractivity contribution in [3.8, 4) is 0 Å². The summed E-state index contributed by atoms with van der Waals surface area (Å²) >= 11 is 0. The first-order chi connectivity index (χ1) is 9.41. The van der Waals surface area contributed by atoms with Crippen LogP contribution in [0.15, 0.2) is 24.3 Å². The fraction of sp³-hybridized carbons (Fsp3) is 0.438. The van der Waals surface area contributed by atoms with Gasteiger partial charge in [0.15, 0.2) is 0 Å². The summed E-state index contributed by atoms with van der Waals surface area (Å²) in [6.07, 6.45) is -0.124. The molecule has 2 aromatic rings. The normalized spacial score (nSPS) is 12.1. The van der Waals surface area contributed by atoms with Crippen LogP contribution in [0.2, 0.25) is 0 Å². The molecule has 0 fully saturated rings. The van der Waals surface area contributed by atoms with E-state index in [4.69, 9.17) is 0 Å². The summed E-state index contributed by atoms with van der Waals surface area (Å²) in [4.78, 5) is 4.24. The molecule has 20 heavy (non-hydrogen) atoms. The van der Waals surface area contributed by atoms with Crippen molar-refractivity contribution >= 4 is 10.9 Å². The van der Waals surface area contributed by atoms with Crippen LogP contribution in [0.25, 0.3) is 10.9 Å². The third-order valence-corrected chi connectivity index (χ3v) is 3.40. The van der Waals surface area contributed by atoms with E-state index in [0.29, 0.717) is 5.52 Å². The van der Waals surface area contributed by atoms with Crippen molar-refractivity contribution in [2.24, 2.45) is 0 Å². The van der Waals surface area contributed by atoms with Crippen LogP contribution in [0.5, 0.6) is 0 Å². The second kappa shape index (κ2) is 5.81. The number of pyridine rings is 1. The van der Waals surface area contributed by atoms with Gasteiger partial charge in [-0.2, -0.15) is 13.2 Å². The van der Waals surface area contributed by atoms with Gasteiger partial charge in [0.25, 0.3) is 0 Å². The number of hydrogen-bond acceptors (Lipinski definition) is 1. The van der Waals surface area contributed by atoms with Gasteiger partial charge in [0.2, 0.25) is 0 Å². The average molecular weight is 281 g/mol. The van der Waals surface area contributed by atoms with Crippen molar-refractivity contribution in [2.75, 3.05) is 0 Å². The summed E-state index contributed by atoms with van der Waals surface area (Å²) in [7, 11) is 0. The van der Waals surface area contributed by atoms with Gasteiger partial charge in [-0.15, -0.1) is 0 Å². The molecule has 0 radical (unpaired) electrons. The molecule has 2 rings (SSSR count). The molecule has 4 heteroatoms. The molecule has 1 heterocycles. The molecule has 0 aliphatic rings. The Hall–Kier alpha value is -1.58. The Morgan fingerprint density at radius 2 is 1.85 bits per heavy atom. The Morgan fingerprint density at radius 3 is 2.50 bits per heavy atom. The fourth-order valence-electron chi connectivity index (χ4n) is 2.40. The van der Waals surface area contributed by atoms with Crippen LogP contribution in [0.4, 0.5) is 13.2 Å². The fourth-order valence-corrected chi connectivity index (χ4v) is 2.40. The van der Waals surface area contributed by atoms with Crippen molar-refractivity contribution in [3.05, 3.63) is 41.1 Å². The number of aryl methyl sites for hydroxylation is 2. The zero-order valence-corrected chi connectivity index (χ0v) is 11.7. The third-order valence-electron chi connectivity index (χ3n) is 3.40. The standard InChI is InChI=1S/C16H18F3N/c1-3-4-5-6-12-9-11(2)20-15-10-13(16(17,18)19)7-8-14(12)15/h7-10H,3-6H2,1-2H3. The summed E-state index contributed by atoms with van der Waals surface area (Å²) in [5.41, 5.74) is 1.66. The Bertz CT molecular complexity index is 602. The van der Waals surface area contributed by atoms with Crippen molar-refractivity contribution in [2.45, 2.75) is 45.7 Å². The lowest BCUT2D eigenvalue weighted by Gasteiger charge is -2.11. The molecule has 108 valence electrons. The quantitative estimate of drug-likeness (QED) is 0.693. The molecule has 0 N–H and O–H groups in total. The maximum absolute atomic E-state index is 12.7. The molecule has 0 aliphatic carbocycles. The monoisotopic (exact) mass is 281 g/mol. The SMILES string of the molecule is CCCCCc1cc(C)nc2cc(C(F)(F)F)ccc12. The maximum atomic E-state index is 12.7. The number of halogens is 3. The molecule has 0 spiro atoms. The number of benzene rings is 1. The second-order valence-electron chi connectivity index (χ2n) is 5.11. The van der Waals surface area contributed by atoms with Crippen LogP contribution in [-0.2, 0) is 12.6 Å². The van der Waals surface area contributed by atoms with Gasteiger partial charge in [0.05, 0.1) is 11.1 Å². The predicted octanol–water partition coefficient (Wildman–Crippen LogP) is 5.29. The minimum atomic E-state index is -4.32. The van der Waals surface area contributed by atoms with Gasteiger partial charge < -0.3 is 0 Å². The van der Waals surface area contributed by atoms with Gasteiger partial charge in [-0.05, 0) is 43.5 Å². The highest BCUT2D eigenvalue weighted by Gasteiger charge is 2.30. The molecular formula is C16H18F3N. The van der Waals surface area contributed by atoms with Gasteiger partial charge in [-0.25, -0.2) is 0 Å². The largest absolute Gasteiger partial charge is 0.416 e. The summed E-state index contributed by atoms with van der Waals surface area (Å²) < 4.78 is 38.2. The number of alkyl halides is 3. The molecule has 0 amide bonds. The van der Waals surface area contributed by atoms with Crippen LogP contribution in [0.3, 0.4) is 0 Å². The first-order valence-electron chi connectivity index (χ1n) is 6.89. The lowest BCUT2D eigenvalue weighted by atomic mass is 10.0. The molecule has 0 saturated carbocycles. The third kappa shape index (κ3) is 3.30. The highest BCUT2D eigenvalue weighted by Crippen LogP contribution is 2.32. The minimum absolute atomic E-state index is 0.436. The van der Waals surface area contributed by atoms with Crippen molar-refractivity contribution in [1.29, 1.82) is 0 Å². The number of aromatic nitrogens is 1. The van der Waals surface area contributed by atoms with Gasteiger partial charge in [0.1, 0.15) is 0 Å². The molecule has 0 bridgehead atoms. The van der Waals surface area contributed by atoms with E-state index in [1.165, 1.54) is 0 Å². The van der Waals surface area contributed by atoms with Crippen molar-refractivity contribution < 1.29 is 13.2 Å². The van der Waals surface area contributed by atoms with Crippen LogP contribution in [-0.4, -0.2) is 4.98 Å². The zero-order valence-electron chi connectivity index (χ0n) is 11.7. The van der Waals surface area contributed by atoms with Crippen LogP contribution in [0.1, 0.15) is 43.0 Å². The van der Waals surface area contributed by atoms with E-state index >= 15 is 0 Å². The molecule has 0 atom stereocenters. The van der Waals surface area contributed by atoms with Gasteiger partial charge in [0, 0.05) is 11.1 Å². The van der Waals surface area contributed by atoms with Gasteiger partial charge >= 0.3 is 6.18 Å². The van der Waals surface area contributed by atoms with Crippen LogP contribution >= 0.6 is 0 Å². The maximum Gasteiger partial charge on any atom is 0.416 e. The molecular weight excluding hydrogens is 263 g/mol. The molecule has 1 nitrogen and oxygen atoms in total. The molecule has 0 unspecified atom stereocenters. The molecule has 0 aliphatic heterocycles. The summed E-state index contributed by atoms with van der Waals surface area (Å²) in [6.45, 7) is 3.95. The van der Waals surface area contributed by atoms with Gasteiger partial charge in [-0.3, -0.25) is 4.98 Å². The predicted molar refractivity (Wildman–Crippen MR) is 74.7 cm³/mol. The molecule has 1 aromatic carbocycles. The summed E-state index contributed by atoms with van der Waals surface area (Å²) in [5, 5.41) is 0.833. The van der Waals surface area contributed by atoms with Gasteiger partial charge in [-0.1, -0.05) is 25.8 Å². The lowest BCUT2D eigenvalue weighted by Crippen LogP contribution is -2.05. The van der Waals surface area contributed by atoms with Crippen LogP contribution < -0.4 is 0 Å². The lowest BCUT2D eigenvalue weighted by molar-refractivity contribution is -0.137. The van der Waals surface area contributed by atoms with E-state index < -0.39 is 11.7 Å². The number of rotatable bonds is 4. The number of fused-ring (bicyclic) bond motifs is 1. The smallest absolute Gasteiger partial charge is 0.253 e. The Balaban J connectivity index is 2.44. The highest BCUT2D eigenvalue weighted by atomic mass is 19.4. The first-order valence-corrected chi connectivity index (χ1v) is 6.89. The average Bonchev–Trinajstić information content (AvgIpc) is 2.37. The van der Waals surface area contributed by atoms with E-state index in [1.54, 1.807) is 6.07 Å². The Morgan fingerprint density at radius 1 is 1.10 bits per heavy atom. The van der Waals surface area contributed by atoms with E-state index in [0.717, 1.165) is 54.5 Å². The summed E-state index contributed by atoms with van der Waals surface area (Å²) in [6, 6.07) is 5.81. The van der Waals surface area contributed by atoms with Crippen molar-refractivity contribution in [1.82, 2.24) is 4.98 Å². The Kier molecular flexibility index (Phi) is 4.31. The molecule has 1 aromatic heterocycles. The first kappa shape index (κ1) is 14.8. The Labute approximate surface area is 116 Å². The zero-order chi connectivity index (χ0) is 14.8. The minimum Gasteiger partial charge on any atom is -0.253 e. The van der Waals surface area contributed by atoms with E-state index in [1.807, 2.05) is 13.0 Å². The van der Waals surface area contributed by atoms with E-state index in [-0.39, 0.29) is 0 Å². The number of nitrogens with zero attached hydrogens (tertiary/aromatic N) is 1. The topological polar surface area (TPSA) is 12.9 Å². The molecule has 0 saturated heterocycles. The second-order valence-corrected chi connectivity index (χ2v) is 5.11. The summed E-state index contributed by atoms with van der Waals surface area (Å²) in [5.74, 6) is 0. The number of hydrogen-bond donors (Lipinski definition) is 0. The van der Waals surface area contributed by atoms with E-state index in [9.17, 15) is 13.2 Å². The number of unbranched alkanes of at least 4 members (excludes halogenated alkanes) is 2. The van der Waals surface area contributed by atoms with Crippen molar-refractivity contribution in [3.63, 3.8) is 0 Å². The van der Waals surface area contributed by atoms with E-state index in [2.05, 4.69) is 11.9 Å².